The van der Waals surface area contributed by atoms with E-state index in [2.05, 4.69) is 4.98 Å². The van der Waals surface area contributed by atoms with Gasteiger partial charge >= 0.3 is 0 Å². The van der Waals surface area contributed by atoms with Gasteiger partial charge in [0.15, 0.2) is 0 Å². The smallest absolute Gasteiger partial charge is 0.295 e. The molecule has 3 aliphatic rings. The highest BCUT2D eigenvalue weighted by molar-refractivity contribution is 6.45. The predicted octanol–water partition coefficient (Wildman–Crippen LogP) is 3.54. The van der Waals surface area contributed by atoms with Gasteiger partial charge in [0, 0.05) is 48.3 Å². The summed E-state index contributed by atoms with van der Waals surface area (Å²) in [5.74, 6) is -1.41. The lowest BCUT2D eigenvalue weighted by Crippen LogP contribution is -2.55. The van der Waals surface area contributed by atoms with Crippen molar-refractivity contribution in [2.75, 3.05) is 46.5 Å². The van der Waals surface area contributed by atoms with Gasteiger partial charge in [-0.2, -0.15) is 0 Å². The molecule has 1 saturated heterocycles. The highest BCUT2D eigenvalue weighted by atomic mass is 16.5. The molecule has 0 radical (unpaired) electrons. The number of aromatic nitrogens is 1. The second-order valence-corrected chi connectivity index (χ2v) is 11.5. The maximum Gasteiger partial charge on any atom is 0.295 e. The van der Waals surface area contributed by atoms with Crippen LogP contribution in [-0.4, -0.2) is 102 Å². The number of rotatable bonds is 9. The van der Waals surface area contributed by atoms with Crippen molar-refractivity contribution in [3.05, 3.63) is 30.0 Å². The largest absolute Gasteiger partial charge is 0.497 e. The fourth-order valence-electron chi connectivity index (χ4n) is 6.62. The first-order valence-electron chi connectivity index (χ1n) is 15.1. The molecule has 2 heterocycles. The van der Waals surface area contributed by atoms with Crippen LogP contribution in [0.2, 0.25) is 0 Å². The van der Waals surface area contributed by atoms with Crippen molar-refractivity contribution in [3.8, 4) is 5.75 Å². The minimum Gasteiger partial charge on any atom is -0.497 e. The van der Waals surface area contributed by atoms with E-state index >= 15 is 0 Å². The van der Waals surface area contributed by atoms with Gasteiger partial charge in [-0.1, -0.05) is 38.5 Å². The maximum atomic E-state index is 14.1. The van der Waals surface area contributed by atoms with E-state index in [0.717, 1.165) is 51.4 Å². The number of Topliss-reactive ketones (excluding diaryl/α,β-unsaturated/α-hetero) is 1. The topological polar surface area (TPSA) is 112 Å². The standard InChI is InChI=1S/C31H42N4O6/c1-40-24-12-13-25-26(19-32-27(25)18-24)30(38)31(39)34(20-28(36)33-14-16-41-17-15-33)21-29(37)35(22-8-4-2-5-9-22)23-10-6-3-7-11-23/h12-13,18-19,22-23,32H,2-11,14-17,20-21H2,1H3. The van der Waals surface area contributed by atoms with Gasteiger partial charge in [-0.05, 0) is 37.8 Å². The number of aromatic amines is 1. The monoisotopic (exact) mass is 566 g/mol. The Kier molecular flexibility index (Phi) is 9.59. The Hall–Kier alpha value is -3.40. The summed E-state index contributed by atoms with van der Waals surface area (Å²) in [6.45, 7) is 1.08. The Bertz CT molecular complexity index is 1220. The lowest BCUT2D eigenvalue weighted by molar-refractivity contribution is -0.147. The molecule has 2 aromatic rings. The molecule has 1 aromatic heterocycles. The zero-order valence-electron chi connectivity index (χ0n) is 24.1. The maximum absolute atomic E-state index is 14.1. The molecule has 1 aliphatic heterocycles. The Labute approximate surface area is 241 Å². The van der Waals surface area contributed by atoms with Gasteiger partial charge in [0.25, 0.3) is 11.7 Å². The van der Waals surface area contributed by atoms with E-state index < -0.39 is 11.7 Å². The van der Waals surface area contributed by atoms with E-state index in [-0.39, 0.29) is 42.6 Å². The second kappa shape index (κ2) is 13.5. The highest BCUT2D eigenvalue weighted by Crippen LogP contribution is 2.31. The number of carbonyl (C=O) groups is 4. The molecule has 3 amide bonds. The number of nitrogens with zero attached hydrogens (tertiary/aromatic N) is 3. The minimum absolute atomic E-state index is 0.144. The first kappa shape index (κ1) is 29.1. The van der Waals surface area contributed by atoms with Crippen LogP contribution in [0.4, 0.5) is 0 Å². The summed E-state index contributed by atoms with van der Waals surface area (Å²) in [6, 6.07) is 5.50. The minimum atomic E-state index is -0.844. The van der Waals surface area contributed by atoms with E-state index in [1.165, 1.54) is 23.9 Å². The summed E-state index contributed by atoms with van der Waals surface area (Å²) in [5.41, 5.74) is 0.869. The number of fused-ring (bicyclic) bond motifs is 1. The summed E-state index contributed by atoms with van der Waals surface area (Å²) in [6.07, 6.45) is 12.0. The van der Waals surface area contributed by atoms with Crippen molar-refractivity contribution in [3.63, 3.8) is 0 Å². The van der Waals surface area contributed by atoms with Crippen molar-refractivity contribution in [2.45, 2.75) is 76.3 Å². The van der Waals surface area contributed by atoms with Crippen LogP contribution < -0.4 is 4.74 Å². The van der Waals surface area contributed by atoms with Crippen LogP contribution in [0.5, 0.6) is 5.75 Å². The summed E-state index contributed by atoms with van der Waals surface area (Å²) in [7, 11) is 1.56. The van der Waals surface area contributed by atoms with Crippen LogP contribution in [0.15, 0.2) is 24.4 Å². The van der Waals surface area contributed by atoms with E-state index in [1.54, 1.807) is 30.2 Å². The average Bonchev–Trinajstić information content (AvgIpc) is 3.45. The number of benzene rings is 1. The average molecular weight is 567 g/mol. The van der Waals surface area contributed by atoms with Crippen LogP contribution in [0.1, 0.15) is 74.6 Å². The number of ketones is 1. The van der Waals surface area contributed by atoms with E-state index in [0.29, 0.717) is 43.0 Å². The Morgan fingerprint density at radius 3 is 2.17 bits per heavy atom. The van der Waals surface area contributed by atoms with Crippen LogP contribution in [0, 0.1) is 0 Å². The molecule has 222 valence electrons. The Morgan fingerprint density at radius 1 is 0.927 bits per heavy atom. The number of amides is 3. The molecular formula is C31H42N4O6. The van der Waals surface area contributed by atoms with Crippen molar-refractivity contribution in [2.24, 2.45) is 0 Å². The zero-order chi connectivity index (χ0) is 28.8. The Balaban J connectivity index is 1.40. The number of carbonyl (C=O) groups excluding carboxylic acids is 4. The molecule has 1 N–H and O–H groups in total. The van der Waals surface area contributed by atoms with E-state index in [1.807, 2.05) is 4.90 Å². The third-order valence-corrected chi connectivity index (χ3v) is 8.86. The summed E-state index contributed by atoms with van der Waals surface area (Å²) in [5, 5.41) is 0.584. The van der Waals surface area contributed by atoms with Gasteiger partial charge < -0.3 is 29.2 Å². The third kappa shape index (κ3) is 6.74. The first-order valence-corrected chi connectivity index (χ1v) is 15.1. The van der Waals surface area contributed by atoms with Gasteiger partial charge in [0.05, 0.1) is 25.9 Å². The van der Waals surface area contributed by atoms with Crippen molar-refractivity contribution >= 4 is 34.4 Å². The van der Waals surface area contributed by atoms with Crippen LogP contribution in [0.3, 0.4) is 0 Å². The molecule has 10 heteroatoms. The van der Waals surface area contributed by atoms with Gasteiger partial charge in [0.1, 0.15) is 18.8 Å². The molecule has 2 aliphatic carbocycles. The molecular weight excluding hydrogens is 524 g/mol. The number of hydrogen-bond acceptors (Lipinski definition) is 6. The molecule has 1 aromatic carbocycles. The highest BCUT2D eigenvalue weighted by Gasteiger charge is 2.36. The summed E-state index contributed by atoms with van der Waals surface area (Å²) < 4.78 is 10.6. The number of nitrogens with one attached hydrogen (secondary N) is 1. The van der Waals surface area contributed by atoms with Crippen molar-refractivity contribution in [1.82, 2.24) is 19.7 Å². The SMILES string of the molecule is COc1ccc2c(C(=O)C(=O)N(CC(=O)N3CCOCC3)CC(=O)N(C3CCCCC3)C3CCCCC3)c[nH]c2c1. The van der Waals surface area contributed by atoms with Gasteiger partial charge in [0.2, 0.25) is 11.8 Å². The number of morpholine rings is 1. The normalized spacial score (nSPS) is 18.7. The van der Waals surface area contributed by atoms with Crippen LogP contribution in [-0.2, 0) is 19.1 Å². The number of methoxy groups -OCH3 is 1. The van der Waals surface area contributed by atoms with Gasteiger partial charge in [-0.3, -0.25) is 19.2 Å². The fraction of sp³-hybridized carbons (Fsp3) is 0.613. The van der Waals surface area contributed by atoms with Crippen LogP contribution >= 0.6 is 0 Å². The van der Waals surface area contributed by atoms with E-state index in [4.69, 9.17) is 9.47 Å². The molecule has 41 heavy (non-hydrogen) atoms. The third-order valence-electron chi connectivity index (χ3n) is 8.86. The quantitative estimate of drug-likeness (QED) is 0.367. The van der Waals surface area contributed by atoms with E-state index in [9.17, 15) is 19.2 Å². The van der Waals surface area contributed by atoms with Gasteiger partial charge in [-0.15, -0.1) is 0 Å². The predicted molar refractivity (Wildman–Crippen MR) is 154 cm³/mol. The molecule has 2 saturated carbocycles. The van der Waals surface area contributed by atoms with Crippen molar-refractivity contribution in [1.29, 1.82) is 0 Å². The second-order valence-electron chi connectivity index (χ2n) is 11.5. The fourth-order valence-corrected chi connectivity index (χ4v) is 6.62. The summed E-state index contributed by atoms with van der Waals surface area (Å²) >= 11 is 0. The van der Waals surface area contributed by atoms with Crippen molar-refractivity contribution < 1.29 is 28.7 Å². The number of hydrogen-bond donors (Lipinski definition) is 1. The Morgan fingerprint density at radius 2 is 1.56 bits per heavy atom. The zero-order valence-corrected chi connectivity index (χ0v) is 24.1. The molecule has 10 nitrogen and oxygen atoms in total. The lowest BCUT2D eigenvalue weighted by Gasteiger charge is -2.42. The lowest BCUT2D eigenvalue weighted by atomic mass is 9.88. The van der Waals surface area contributed by atoms with Crippen LogP contribution in [0.25, 0.3) is 10.9 Å². The molecule has 3 fully saturated rings. The number of ether oxygens (including phenoxy) is 2. The molecule has 0 bridgehead atoms. The molecule has 0 spiro atoms. The van der Waals surface area contributed by atoms with Gasteiger partial charge in [-0.25, -0.2) is 0 Å². The molecule has 5 rings (SSSR count). The molecule has 0 unspecified atom stereocenters. The first-order chi connectivity index (χ1) is 20.0. The molecule has 0 atom stereocenters. The summed E-state index contributed by atoms with van der Waals surface area (Å²) in [4.78, 5) is 62.6. The number of H-pyrrole nitrogens is 1.